The Morgan fingerprint density at radius 1 is 1.33 bits per heavy atom. The lowest BCUT2D eigenvalue weighted by atomic mass is 10.1. The molecule has 1 saturated heterocycles. The van der Waals surface area contributed by atoms with Crippen molar-refractivity contribution in [2.75, 3.05) is 40.5 Å². The van der Waals surface area contributed by atoms with Gasteiger partial charge in [0.05, 0.1) is 6.10 Å². The summed E-state index contributed by atoms with van der Waals surface area (Å²) in [6.07, 6.45) is 3.39. The maximum absolute atomic E-state index is 5.89. The van der Waals surface area contributed by atoms with Gasteiger partial charge in [-0.1, -0.05) is 28.1 Å². The second-order valence-electron chi connectivity index (χ2n) is 5.99. The maximum Gasteiger partial charge on any atom is 0.193 e. The molecule has 1 N–H and O–H groups in total. The molecule has 2 rings (SSSR count). The van der Waals surface area contributed by atoms with Crippen LogP contribution in [-0.4, -0.2) is 57.4 Å². The van der Waals surface area contributed by atoms with Crippen molar-refractivity contribution < 1.29 is 9.47 Å². The van der Waals surface area contributed by atoms with Gasteiger partial charge < -0.3 is 19.7 Å². The van der Waals surface area contributed by atoms with Crippen LogP contribution in [0, 0.1) is 0 Å². The Morgan fingerprint density at radius 3 is 2.71 bits per heavy atom. The Hall–Kier alpha value is -1.11. The van der Waals surface area contributed by atoms with Crippen molar-refractivity contribution in [3.8, 4) is 0 Å². The van der Waals surface area contributed by atoms with Crippen LogP contribution >= 0.6 is 15.9 Å². The fourth-order valence-electron chi connectivity index (χ4n) is 2.69. The number of benzene rings is 1. The van der Waals surface area contributed by atoms with Crippen LogP contribution in [0.4, 0.5) is 0 Å². The number of aliphatic imine (C=N–C) groups is 1. The third-order valence-corrected chi connectivity index (χ3v) is 4.56. The normalized spacial score (nSPS) is 16.2. The van der Waals surface area contributed by atoms with E-state index in [1.807, 2.05) is 7.05 Å². The number of nitrogens with one attached hydrogen (secondary N) is 1. The predicted octanol–water partition coefficient (Wildman–Crippen LogP) is 3.04. The predicted molar refractivity (Wildman–Crippen MR) is 101 cm³/mol. The average Bonchev–Trinajstić information content (AvgIpc) is 2.61. The molecule has 0 bridgehead atoms. The van der Waals surface area contributed by atoms with E-state index in [2.05, 4.69) is 62.5 Å². The fourth-order valence-corrected chi connectivity index (χ4v) is 2.95. The van der Waals surface area contributed by atoms with Crippen molar-refractivity contribution in [1.82, 2.24) is 10.2 Å². The number of ether oxygens (including phenoxy) is 2. The van der Waals surface area contributed by atoms with E-state index in [4.69, 9.17) is 9.47 Å². The average molecular weight is 398 g/mol. The van der Waals surface area contributed by atoms with Gasteiger partial charge in [0.1, 0.15) is 0 Å². The van der Waals surface area contributed by atoms with Crippen LogP contribution in [0.5, 0.6) is 0 Å². The van der Waals surface area contributed by atoms with E-state index in [0.717, 1.165) is 62.6 Å². The molecule has 0 radical (unpaired) electrons. The summed E-state index contributed by atoms with van der Waals surface area (Å²) in [5.74, 6) is 0.906. The highest BCUT2D eigenvalue weighted by Crippen LogP contribution is 2.12. The lowest BCUT2D eigenvalue weighted by molar-refractivity contribution is -0.0320. The molecule has 134 valence electrons. The first kappa shape index (κ1) is 19.2. The Labute approximate surface area is 153 Å². The van der Waals surface area contributed by atoms with Gasteiger partial charge in [0.2, 0.25) is 0 Å². The second kappa shape index (κ2) is 10.7. The molecule has 0 amide bonds. The Kier molecular flexibility index (Phi) is 8.56. The standard InChI is InChI=1S/C18H28BrN3O2/c1-20-18(22(2)14-15-4-6-16(19)7-5-15)21-10-3-11-24-17-8-12-23-13-9-17/h4-7,17H,3,8-14H2,1-2H3,(H,20,21). The van der Waals surface area contributed by atoms with E-state index in [1.54, 1.807) is 0 Å². The van der Waals surface area contributed by atoms with Crippen LogP contribution in [-0.2, 0) is 16.0 Å². The summed E-state index contributed by atoms with van der Waals surface area (Å²) in [5.41, 5.74) is 1.26. The monoisotopic (exact) mass is 397 g/mol. The van der Waals surface area contributed by atoms with E-state index in [9.17, 15) is 0 Å². The van der Waals surface area contributed by atoms with Crippen LogP contribution < -0.4 is 5.32 Å². The zero-order chi connectivity index (χ0) is 17.2. The lowest BCUT2D eigenvalue weighted by Crippen LogP contribution is -2.39. The van der Waals surface area contributed by atoms with Gasteiger partial charge in [-0.25, -0.2) is 0 Å². The van der Waals surface area contributed by atoms with Gasteiger partial charge in [0.15, 0.2) is 5.96 Å². The number of halogens is 1. The van der Waals surface area contributed by atoms with Gasteiger partial charge in [-0.15, -0.1) is 0 Å². The van der Waals surface area contributed by atoms with Crippen molar-refractivity contribution in [3.63, 3.8) is 0 Å². The van der Waals surface area contributed by atoms with Crippen molar-refractivity contribution in [2.45, 2.75) is 31.9 Å². The highest BCUT2D eigenvalue weighted by Gasteiger charge is 2.13. The molecule has 1 fully saturated rings. The number of nitrogens with zero attached hydrogens (tertiary/aromatic N) is 2. The summed E-state index contributed by atoms with van der Waals surface area (Å²) in [6, 6.07) is 8.37. The van der Waals surface area contributed by atoms with Crippen LogP contribution in [0.15, 0.2) is 33.7 Å². The third-order valence-electron chi connectivity index (χ3n) is 4.03. The quantitative estimate of drug-likeness (QED) is 0.436. The molecular formula is C18H28BrN3O2. The SMILES string of the molecule is CN=C(NCCCOC1CCOCC1)N(C)Cc1ccc(Br)cc1. The molecular weight excluding hydrogens is 370 g/mol. The number of hydrogen-bond donors (Lipinski definition) is 1. The van der Waals surface area contributed by atoms with Gasteiger partial charge in [0.25, 0.3) is 0 Å². The molecule has 0 aromatic heterocycles. The van der Waals surface area contributed by atoms with E-state index >= 15 is 0 Å². The molecule has 0 aliphatic carbocycles. The van der Waals surface area contributed by atoms with Gasteiger partial charge in [-0.2, -0.15) is 0 Å². The molecule has 6 heteroatoms. The molecule has 1 aliphatic heterocycles. The minimum absolute atomic E-state index is 0.373. The first-order valence-corrected chi connectivity index (χ1v) is 9.34. The highest BCUT2D eigenvalue weighted by molar-refractivity contribution is 9.10. The lowest BCUT2D eigenvalue weighted by Gasteiger charge is -2.23. The summed E-state index contributed by atoms with van der Waals surface area (Å²) >= 11 is 3.46. The molecule has 0 atom stereocenters. The van der Waals surface area contributed by atoms with Crippen LogP contribution in [0.2, 0.25) is 0 Å². The molecule has 5 nitrogen and oxygen atoms in total. The zero-order valence-corrected chi connectivity index (χ0v) is 16.2. The number of hydrogen-bond acceptors (Lipinski definition) is 3. The molecule has 0 saturated carbocycles. The highest BCUT2D eigenvalue weighted by atomic mass is 79.9. The van der Waals surface area contributed by atoms with Crippen LogP contribution in [0.3, 0.4) is 0 Å². The molecule has 24 heavy (non-hydrogen) atoms. The summed E-state index contributed by atoms with van der Waals surface area (Å²) in [6.45, 7) is 4.13. The summed E-state index contributed by atoms with van der Waals surface area (Å²) in [4.78, 5) is 6.48. The molecule has 0 unspecified atom stereocenters. The van der Waals surface area contributed by atoms with Crippen molar-refractivity contribution >= 4 is 21.9 Å². The van der Waals surface area contributed by atoms with Crippen LogP contribution in [0.25, 0.3) is 0 Å². The zero-order valence-electron chi connectivity index (χ0n) is 14.6. The van der Waals surface area contributed by atoms with E-state index < -0.39 is 0 Å². The van der Waals surface area contributed by atoms with Gasteiger partial charge in [0, 0.05) is 51.5 Å². The Morgan fingerprint density at radius 2 is 2.04 bits per heavy atom. The molecule has 1 aliphatic rings. The van der Waals surface area contributed by atoms with Crippen molar-refractivity contribution in [2.24, 2.45) is 4.99 Å². The molecule has 1 heterocycles. The van der Waals surface area contributed by atoms with Crippen LogP contribution in [0.1, 0.15) is 24.8 Å². The Bertz CT molecular complexity index is 501. The molecule has 1 aromatic rings. The number of rotatable bonds is 7. The first-order valence-electron chi connectivity index (χ1n) is 8.54. The van der Waals surface area contributed by atoms with Crippen molar-refractivity contribution in [3.05, 3.63) is 34.3 Å². The summed E-state index contributed by atoms with van der Waals surface area (Å²) < 4.78 is 12.3. The third kappa shape index (κ3) is 6.79. The first-order chi connectivity index (χ1) is 11.7. The smallest absolute Gasteiger partial charge is 0.193 e. The van der Waals surface area contributed by atoms with Crippen molar-refractivity contribution in [1.29, 1.82) is 0 Å². The Balaban J connectivity index is 1.64. The fraction of sp³-hybridized carbons (Fsp3) is 0.611. The maximum atomic E-state index is 5.89. The topological polar surface area (TPSA) is 46.1 Å². The van der Waals surface area contributed by atoms with E-state index in [-0.39, 0.29) is 0 Å². The van der Waals surface area contributed by atoms with Gasteiger partial charge >= 0.3 is 0 Å². The molecule has 1 aromatic carbocycles. The minimum Gasteiger partial charge on any atom is -0.381 e. The largest absolute Gasteiger partial charge is 0.381 e. The summed E-state index contributed by atoms with van der Waals surface area (Å²) in [7, 11) is 3.87. The van der Waals surface area contributed by atoms with E-state index in [0.29, 0.717) is 6.10 Å². The van der Waals surface area contributed by atoms with Gasteiger partial charge in [-0.05, 0) is 37.0 Å². The summed E-state index contributed by atoms with van der Waals surface area (Å²) in [5, 5.41) is 3.40. The minimum atomic E-state index is 0.373. The second-order valence-corrected chi connectivity index (χ2v) is 6.91. The van der Waals surface area contributed by atoms with Gasteiger partial charge in [-0.3, -0.25) is 4.99 Å². The molecule has 0 spiro atoms. The van der Waals surface area contributed by atoms with E-state index in [1.165, 1.54) is 5.56 Å². The number of guanidine groups is 1.